The summed E-state index contributed by atoms with van der Waals surface area (Å²) in [7, 11) is 0. The molecule has 7 nitrogen and oxygen atoms in total. The maximum absolute atomic E-state index is 13.4. The number of aliphatic hydroxyl groups is 1. The minimum atomic E-state index is -1.11. The largest absolute Gasteiger partial charge is 0.481 e. The van der Waals surface area contributed by atoms with Gasteiger partial charge in [-0.15, -0.1) is 0 Å². The highest BCUT2D eigenvalue weighted by Gasteiger charge is 2.63. The summed E-state index contributed by atoms with van der Waals surface area (Å²) in [5.41, 5.74) is 0.197. The Balaban J connectivity index is 1.76. The molecule has 4 aliphatic rings. The number of aliphatic carboxylic acids is 1. The van der Waals surface area contributed by atoms with Gasteiger partial charge in [-0.3, -0.25) is 19.2 Å². The van der Waals surface area contributed by atoms with Crippen molar-refractivity contribution in [1.29, 1.82) is 0 Å². The van der Waals surface area contributed by atoms with E-state index in [0.29, 0.717) is 38.5 Å². The van der Waals surface area contributed by atoms with Crippen molar-refractivity contribution in [3.05, 3.63) is 35.6 Å². The Morgan fingerprint density at radius 3 is 2.65 bits per heavy atom. The number of esters is 1. The fraction of sp³-hybridized carbons (Fsp3) is 0.630. The summed E-state index contributed by atoms with van der Waals surface area (Å²) in [4.78, 5) is 48.1. The van der Waals surface area contributed by atoms with Crippen LogP contribution in [0.15, 0.2) is 35.6 Å². The summed E-state index contributed by atoms with van der Waals surface area (Å²) in [6.07, 6.45) is 9.84. The lowest BCUT2D eigenvalue weighted by Gasteiger charge is -2.57. The van der Waals surface area contributed by atoms with E-state index in [2.05, 4.69) is 13.0 Å². The number of carboxylic acids is 1. The van der Waals surface area contributed by atoms with Gasteiger partial charge < -0.3 is 14.9 Å². The van der Waals surface area contributed by atoms with Crippen molar-refractivity contribution >= 4 is 23.5 Å². The molecule has 0 aromatic carbocycles. The van der Waals surface area contributed by atoms with E-state index in [1.54, 1.807) is 6.08 Å². The monoisotopic (exact) mass is 470 g/mol. The SMILES string of the molecule is CC(=O)OC=CC(=O)[C@@H]1CC2=CC(=O)CC[C@]2(C)C2=CC[C@@]3(C)[C@@H](CC[C@@]3(O)CCC(=O)O)[C@@H]21. The van der Waals surface area contributed by atoms with E-state index < -0.39 is 28.9 Å². The molecule has 0 aromatic rings. The van der Waals surface area contributed by atoms with Gasteiger partial charge in [-0.2, -0.15) is 0 Å². The first kappa shape index (κ1) is 24.6. The van der Waals surface area contributed by atoms with E-state index in [9.17, 15) is 29.4 Å². The molecule has 0 saturated heterocycles. The molecule has 7 heteroatoms. The molecule has 0 aromatic heterocycles. The van der Waals surface area contributed by atoms with Gasteiger partial charge in [0.05, 0.1) is 11.9 Å². The molecule has 2 saturated carbocycles. The molecule has 0 unspecified atom stereocenters. The second-order valence-corrected chi connectivity index (χ2v) is 11.0. The highest BCUT2D eigenvalue weighted by atomic mass is 16.5. The van der Waals surface area contributed by atoms with Crippen molar-refractivity contribution in [2.45, 2.75) is 77.7 Å². The average molecular weight is 471 g/mol. The van der Waals surface area contributed by atoms with Gasteiger partial charge in [0.2, 0.25) is 0 Å². The summed E-state index contributed by atoms with van der Waals surface area (Å²) in [5, 5.41) is 20.9. The number of hydrogen-bond donors (Lipinski definition) is 2. The lowest BCUT2D eigenvalue weighted by atomic mass is 9.47. The van der Waals surface area contributed by atoms with Gasteiger partial charge in [-0.05, 0) is 56.4 Å². The highest BCUT2D eigenvalue weighted by Crippen LogP contribution is 2.67. The van der Waals surface area contributed by atoms with Crippen LogP contribution >= 0.6 is 0 Å². The lowest BCUT2D eigenvalue weighted by Crippen LogP contribution is -2.53. The molecule has 0 amide bonds. The second kappa shape index (κ2) is 8.59. The number of rotatable bonds is 6. The van der Waals surface area contributed by atoms with Crippen LogP contribution in [0.4, 0.5) is 0 Å². The molecule has 6 atom stereocenters. The second-order valence-electron chi connectivity index (χ2n) is 11.0. The number of ketones is 2. The third-order valence-electron chi connectivity index (χ3n) is 9.30. The molecule has 0 spiro atoms. The molecule has 0 radical (unpaired) electrons. The Labute approximate surface area is 199 Å². The fourth-order valence-electron chi connectivity index (χ4n) is 7.29. The number of hydrogen-bond acceptors (Lipinski definition) is 6. The van der Waals surface area contributed by atoms with Gasteiger partial charge in [0.25, 0.3) is 0 Å². The predicted octanol–water partition coefficient (Wildman–Crippen LogP) is 3.91. The van der Waals surface area contributed by atoms with Crippen molar-refractivity contribution in [3.8, 4) is 0 Å². The van der Waals surface area contributed by atoms with Gasteiger partial charge in [0, 0.05) is 42.6 Å². The highest BCUT2D eigenvalue weighted by molar-refractivity contribution is 5.95. The van der Waals surface area contributed by atoms with Crippen molar-refractivity contribution in [3.63, 3.8) is 0 Å². The van der Waals surface area contributed by atoms with Crippen molar-refractivity contribution < 1.29 is 34.1 Å². The first-order valence-electron chi connectivity index (χ1n) is 12.2. The van der Waals surface area contributed by atoms with Crippen molar-refractivity contribution in [1.82, 2.24) is 0 Å². The van der Waals surface area contributed by atoms with E-state index in [1.807, 2.05) is 6.92 Å². The van der Waals surface area contributed by atoms with Crippen LogP contribution in [0.2, 0.25) is 0 Å². The first-order valence-corrected chi connectivity index (χ1v) is 12.2. The van der Waals surface area contributed by atoms with E-state index in [1.165, 1.54) is 18.6 Å². The third-order valence-corrected chi connectivity index (χ3v) is 9.30. The Morgan fingerprint density at radius 1 is 1.24 bits per heavy atom. The van der Waals surface area contributed by atoms with Crippen LogP contribution in [0.3, 0.4) is 0 Å². The normalized spacial score (nSPS) is 38.9. The van der Waals surface area contributed by atoms with Gasteiger partial charge in [0.15, 0.2) is 11.6 Å². The average Bonchev–Trinajstić information content (AvgIpc) is 3.03. The Kier molecular flexibility index (Phi) is 6.21. The lowest BCUT2D eigenvalue weighted by molar-refractivity contribution is -0.141. The maximum Gasteiger partial charge on any atom is 0.307 e. The molecule has 184 valence electrons. The molecular weight excluding hydrogens is 436 g/mol. The van der Waals surface area contributed by atoms with Crippen molar-refractivity contribution in [2.24, 2.45) is 28.6 Å². The molecule has 4 rings (SSSR count). The van der Waals surface area contributed by atoms with Gasteiger partial charge >= 0.3 is 11.9 Å². The van der Waals surface area contributed by atoms with Crippen LogP contribution < -0.4 is 0 Å². The quantitative estimate of drug-likeness (QED) is 0.262. The molecule has 34 heavy (non-hydrogen) atoms. The smallest absolute Gasteiger partial charge is 0.307 e. The van der Waals surface area contributed by atoms with Gasteiger partial charge in [0.1, 0.15) is 0 Å². The molecule has 4 aliphatic carbocycles. The molecule has 0 bridgehead atoms. The summed E-state index contributed by atoms with van der Waals surface area (Å²) in [6, 6.07) is 0. The Bertz CT molecular complexity index is 1020. The molecular formula is C27H34O7. The zero-order valence-electron chi connectivity index (χ0n) is 20.1. The summed E-state index contributed by atoms with van der Waals surface area (Å²) >= 11 is 0. The summed E-state index contributed by atoms with van der Waals surface area (Å²) < 4.78 is 4.86. The summed E-state index contributed by atoms with van der Waals surface area (Å²) in [6.45, 7) is 5.46. The number of carbonyl (C=O) groups excluding carboxylic acids is 3. The number of carbonyl (C=O) groups is 4. The molecule has 0 heterocycles. The molecule has 2 fully saturated rings. The Hall–Kier alpha value is -2.54. The topological polar surface area (TPSA) is 118 Å². The zero-order valence-corrected chi connectivity index (χ0v) is 20.1. The number of fused-ring (bicyclic) bond motifs is 5. The third kappa shape index (κ3) is 3.88. The van der Waals surface area contributed by atoms with Crippen molar-refractivity contribution in [2.75, 3.05) is 0 Å². The Morgan fingerprint density at radius 2 is 1.97 bits per heavy atom. The van der Waals surface area contributed by atoms with E-state index >= 15 is 0 Å². The molecule has 2 N–H and O–H groups in total. The minimum absolute atomic E-state index is 0.0124. The maximum atomic E-state index is 13.4. The van der Waals surface area contributed by atoms with Crippen LogP contribution in [0.1, 0.15) is 72.1 Å². The number of allylic oxidation sites excluding steroid dienone is 5. The van der Waals surface area contributed by atoms with Gasteiger partial charge in [-0.1, -0.05) is 31.1 Å². The van der Waals surface area contributed by atoms with Crippen LogP contribution in [0.5, 0.6) is 0 Å². The van der Waals surface area contributed by atoms with Crippen LogP contribution in [-0.2, 0) is 23.9 Å². The van der Waals surface area contributed by atoms with Gasteiger partial charge in [-0.25, -0.2) is 0 Å². The van der Waals surface area contributed by atoms with Crippen LogP contribution in [0.25, 0.3) is 0 Å². The summed E-state index contributed by atoms with van der Waals surface area (Å²) in [5.74, 6) is -2.06. The number of ether oxygens (including phenoxy) is 1. The van der Waals surface area contributed by atoms with E-state index in [-0.39, 0.29) is 41.7 Å². The fourth-order valence-corrected chi connectivity index (χ4v) is 7.29. The van der Waals surface area contributed by atoms with Crippen LogP contribution in [0, 0.1) is 28.6 Å². The van der Waals surface area contributed by atoms with E-state index in [4.69, 9.17) is 4.74 Å². The number of carboxylic acid groups (broad SMARTS) is 1. The molecule has 0 aliphatic heterocycles. The van der Waals surface area contributed by atoms with E-state index in [0.717, 1.165) is 11.8 Å². The minimum Gasteiger partial charge on any atom is -0.481 e. The zero-order chi connectivity index (χ0) is 24.9. The first-order chi connectivity index (χ1) is 15.9. The van der Waals surface area contributed by atoms with Crippen LogP contribution in [-0.4, -0.2) is 39.3 Å². The standard InChI is InChI=1S/C27H34O7/c1-16(28)34-13-8-22(30)19-15-17-14-18(29)4-9-25(17,2)20-5-10-26(3)21(24(19)20)6-11-27(26,33)12-7-23(31)32/h5,8,13-14,19,21,24,33H,4,6-7,9-12,15H2,1-3H3,(H,31,32)/t19-,21-,24+,25-,26-,27+/m0/s1. The predicted molar refractivity (Wildman–Crippen MR) is 123 cm³/mol.